The van der Waals surface area contributed by atoms with Crippen LogP contribution in [0.4, 0.5) is 5.82 Å². The van der Waals surface area contributed by atoms with Gasteiger partial charge in [-0.1, -0.05) is 13.3 Å². The van der Waals surface area contributed by atoms with Gasteiger partial charge in [0.1, 0.15) is 23.9 Å². The van der Waals surface area contributed by atoms with Crippen LogP contribution in [0.3, 0.4) is 0 Å². The van der Waals surface area contributed by atoms with Crippen molar-refractivity contribution < 1.29 is 4.42 Å². The number of aryl methyl sites for hydroxylation is 2. The Balaban J connectivity index is 2.06. The Bertz CT molecular complexity index is 509. The quantitative estimate of drug-likeness (QED) is 0.878. The van der Waals surface area contributed by atoms with E-state index in [0.717, 1.165) is 30.1 Å². The maximum Gasteiger partial charge on any atom is 0.216 e. The van der Waals surface area contributed by atoms with Gasteiger partial charge in [-0.15, -0.1) is 0 Å². The first-order chi connectivity index (χ1) is 8.69. The SMILES string of the molecule is CCCc1cc(NC(C)c2ncc(C)o2)ncn1. The molecule has 1 atom stereocenters. The summed E-state index contributed by atoms with van der Waals surface area (Å²) in [6.45, 7) is 6.01. The molecule has 0 bridgehead atoms. The molecule has 0 spiro atoms. The van der Waals surface area contributed by atoms with Crippen LogP contribution >= 0.6 is 0 Å². The van der Waals surface area contributed by atoms with Crippen molar-refractivity contribution in [1.82, 2.24) is 15.0 Å². The van der Waals surface area contributed by atoms with E-state index in [1.807, 2.05) is 19.9 Å². The molecule has 2 aromatic rings. The van der Waals surface area contributed by atoms with Gasteiger partial charge in [0.2, 0.25) is 5.89 Å². The van der Waals surface area contributed by atoms with Crippen molar-refractivity contribution in [2.75, 3.05) is 5.32 Å². The lowest BCUT2D eigenvalue weighted by molar-refractivity contribution is 0.453. The second kappa shape index (κ2) is 5.62. The predicted molar refractivity (Wildman–Crippen MR) is 69.3 cm³/mol. The first kappa shape index (κ1) is 12.5. The fourth-order valence-corrected chi connectivity index (χ4v) is 1.73. The molecule has 5 nitrogen and oxygen atoms in total. The molecule has 0 saturated carbocycles. The maximum absolute atomic E-state index is 5.48. The zero-order valence-corrected chi connectivity index (χ0v) is 11.0. The second-order valence-electron chi connectivity index (χ2n) is 4.32. The summed E-state index contributed by atoms with van der Waals surface area (Å²) in [4.78, 5) is 12.6. The Morgan fingerprint density at radius 1 is 1.33 bits per heavy atom. The van der Waals surface area contributed by atoms with E-state index in [1.54, 1.807) is 12.5 Å². The molecule has 0 saturated heterocycles. The third kappa shape index (κ3) is 3.06. The van der Waals surface area contributed by atoms with Crippen LogP contribution in [0.2, 0.25) is 0 Å². The van der Waals surface area contributed by atoms with E-state index in [1.165, 1.54) is 0 Å². The molecule has 0 radical (unpaired) electrons. The number of hydrogen-bond donors (Lipinski definition) is 1. The Labute approximate surface area is 107 Å². The van der Waals surface area contributed by atoms with Crippen molar-refractivity contribution in [2.45, 2.75) is 39.7 Å². The van der Waals surface area contributed by atoms with E-state index >= 15 is 0 Å². The largest absolute Gasteiger partial charge is 0.444 e. The van der Waals surface area contributed by atoms with Crippen LogP contribution in [0.5, 0.6) is 0 Å². The van der Waals surface area contributed by atoms with Crippen LogP contribution < -0.4 is 5.32 Å². The lowest BCUT2D eigenvalue weighted by Gasteiger charge is -2.11. The molecular weight excluding hydrogens is 228 g/mol. The van der Waals surface area contributed by atoms with E-state index in [9.17, 15) is 0 Å². The van der Waals surface area contributed by atoms with E-state index in [-0.39, 0.29) is 6.04 Å². The van der Waals surface area contributed by atoms with Crippen molar-refractivity contribution in [2.24, 2.45) is 0 Å². The number of hydrogen-bond acceptors (Lipinski definition) is 5. The minimum atomic E-state index is -0.0110. The number of oxazole rings is 1. The molecule has 2 aromatic heterocycles. The summed E-state index contributed by atoms with van der Waals surface area (Å²) < 4.78 is 5.48. The highest BCUT2D eigenvalue weighted by atomic mass is 16.4. The van der Waals surface area contributed by atoms with Crippen LogP contribution in [-0.4, -0.2) is 15.0 Å². The molecule has 5 heteroatoms. The first-order valence-corrected chi connectivity index (χ1v) is 6.19. The number of aromatic nitrogens is 3. The molecule has 2 heterocycles. The number of nitrogens with one attached hydrogen (secondary N) is 1. The highest BCUT2D eigenvalue weighted by Crippen LogP contribution is 2.17. The molecule has 0 aliphatic carbocycles. The Morgan fingerprint density at radius 2 is 2.17 bits per heavy atom. The molecule has 0 aromatic carbocycles. The zero-order valence-electron chi connectivity index (χ0n) is 11.0. The summed E-state index contributed by atoms with van der Waals surface area (Å²) in [6.07, 6.45) is 5.34. The fraction of sp³-hybridized carbons (Fsp3) is 0.462. The van der Waals surface area contributed by atoms with Crippen molar-refractivity contribution >= 4 is 5.82 Å². The fourth-order valence-electron chi connectivity index (χ4n) is 1.73. The van der Waals surface area contributed by atoms with Gasteiger partial charge in [0.05, 0.1) is 6.20 Å². The Morgan fingerprint density at radius 3 is 2.83 bits per heavy atom. The van der Waals surface area contributed by atoms with Gasteiger partial charge in [-0.2, -0.15) is 0 Å². The van der Waals surface area contributed by atoms with Crippen LogP contribution in [0.1, 0.15) is 43.7 Å². The summed E-state index contributed by atoms with van der Waals surface area (Å²) in [5.41, 5.74) is 1.05. The molecule has 18 heavy (non-hydrogen) atoms. The molecule has 0 fully saturated rings. The molecule has 96 valence electrons. The Kier molecular flexibility index (Phi) is 3.92. The molecule has 1 unspecified atom stereocenters. The minimum Gasteiger partial charge on any atom is -0.444 e. The van der Waals surface area contributed by atoms with Crippen molar-refractivity contribution in [3.8, 4) is 0 Å². The van der Waals surface area contributed by atoms with Gasteiger partial charge in [0.15, 0.2) is 0 Å². The van der Waals surface area contributed by atoms with E-state index in [4.69, 9.17) is 4.42 Å². The topological polar surface area (TPSA) is 63.8 Å². The average Bonchev–Trinajstić information content (AvgIpc) is 2.77. The molecule has 1 N–H and O–H groups in total. The standard InChI is InChI=1S/C13H18N4O/c1-4-5-11-6-12(16-8-15-11)17-10(3)13-14-7-9(2)18-13/h6-8,10H,4-5H2,1-3H3,(H,15,16,17). The lowest BCUT2D eigenvalue weighted by Crippen LogP contribution is -2.09. The minimum absolute atomic E-state index is 0.0110. The van der Waals surface area contributed by atoms with E-state index in [0.29, 0.717) is 5.89 Å². The maximum atomic E-state index is 5.48. The number of rotatable bonds is 5. The van der Waals surface area contributed by atoms with Crippen LogP contribution in [0.15, 0.2) is 23.0 Å². The predicted octanol–water partition coefficient (Wildman–Crippen LogP) is 2.90. The van der Waals surface area contributed by atoms with E-state index in [2.05, 4.69) is 27.2 Å². The van der Waals surface area contributed by atoms with Gasteiger partial charge in [0.25, 0.3) is 0 Å². The van der Waals surface area contributed by atoms with Gasteiger partial charge in [-0.25, -0.2) is 15.0 Å². The molecular formula is C13H18N4O. The van der Waals surface area contributed by atoms with Gasteiger partial charge >= 0.3 is 0 Å². The molecule has 0 aliphatic rings. The summed E-state index contributed by atoms with van der Waals surface area (Å²) in [6, 6.07) is 1.96. The van der Waals surface area contributed by atoms with Gasteiger partial charge < -0.3 is 9.73 Å². The summed E-state index contributed by atoms with van der Waals surface area (Å²) in [7, 11) is 0. The second-order valence-corrected chi connectivity index (χ2v) is 4.32. The number of anilines is 1. The summed E-state index contributed by atoms with van der Waals surface area (Å²) in [5.74, 6) is 2.29. The highest BCUT2D eigenvalue weighted by Gasteiger charge is 2.11. The Hall–Kier alpha value is -1.91. The highest BCUT2D eigenvalue weighted by molar-refractivity contribution is 5.36. The average molecular weight is 246 g/mol. The van der Waals surface area contributed by atoms with Crippen molar-refractivity contribution in [3.05, 3.63) is 35.9 Å². The van der Waals surface area contributed by atoms with E-state index < -0.39 is 0 Å². The summed E-state index contributed by atoms with van der Waals surface area (Å²) in [5, 5.41) is 3.26. The van der Waals surface area contributed by atoms with Crippen molar-refractivity contribution in [3.63, 3.8) is 0 Å². The molecule has 0 amide bonds. The summed E-state index contributed by atoms with van der Waals surface area (Å²) >= 11 is 0. The van der Waals surface area contributed by atoms with Crippen molar-refractivity contribution in [1.29, 1.82) is 0 Å². The van der Waals surface area contributed by atoms with Gasteiger partial charge in [0, 0.05) is 11.8 Å². The number of nitrogens with zero attached hydrogens (tertiary/aromatic N) is 3. The smallest absolute Gasteiger partial charge is 0.216 e. The molecule has 0 aliphatic heterocycles. The normalized spacial score (nSPS) is 12.4. The monoisotopic (exact) mass is 246 g/mol. The molecule has 2 rings (SSSR count). The van der Waals surface area contributed by atoms with Crippen LogP contribution in [0, 0.1) is 6.92 Å². The third-order valence-corrected chi connectivity index (χ3v) is 2.60. The first-order valence-electron chi connectivity index (χ1n) is 6.19. The van der Waals surface area contributed by atoms with Crippen LogP contribution in [-0.2, 0) is 6.42 Å². The van der Waals surface area contributed by atoms with Gasteiger partial charge in [-0.05, 0) is 20.3 Å². The third-order valence-electron chi connectivity index (χ3n) is 2.60. The lowest BCUT2D eigenvalue weighted by atomic mass is 10.2. The van der Waals surface area contributed by atoms with Crippen LogP contribution in [0.25, 0.3) is 0 Å². The van der Waals surface area contributed by atoms with Gasteiger partial charge in [-0.3, -0.25) is 0 Å². The zero-order chi connectivity index (χ0) is 13.0.